The Morgan fingerprint density at radius 2 is 1.88 bits per heavy atom. The van der Waals surface area contributed by atoms with Gasteiger partial charge in [0.25, 0.3) is 0 Å². The van der Waals surface area contributed by atoms with Crippen LogP contribution >= 0.6 is 15.9 Å². The number of carbonyl (C=O) groups is 5. The van der Waals surface area contributed by atoms with Gasteiger partial charge in [0.1, 0.15) is 0 Å². The Morgan fingerprint density at radius 1 is 1.24 bits per heavy atom. The van der Waals surface area contributed by atoms with Gasteiger partial charge in [0.2, 0.25) is 5.91 Å². The van der Waals surface area contributed by atoms with E-state index in [9.17, 15) is 34.2 Å². The molecule has 4 N–H and O–H groups in total. The smallest absolute Gasteiger partial charge is 0.235 e. The molecule has 3 aliphatic rings. The van der Waals surface area contributed by atoms with Crippen molar-refractivity contribution in [2.45, 2.75) is 24.5 Å². The second kappa shape index (κ2) is 7.71. The van der Waals surface area contributed by atoms with Crippen molar-refractivity contribution in [3.63, 3.8) is 0 Å². The number of aromatic hydroxyl groups is 1. The molecular weight excluding hydrogens is 500 g/mol. The molecule has 11 heteroatoms. The first kappa shape index (κ1) is 23.5. The third-order valence-electron chi connectivity index (χ3n) is 7.19. The van der Waals surface area contributed by atoms with Gasteiger partial charge in [-0.05, 0) is 44.5 Å². The second-order valence-electron chi connectivity index (χ2n) is 9.05. The number of ether oxygens (including phenoxy) is 1. The first-order chi connectivity index (χ1) is 15.4. The van der Waals surface area contributed by atoms with Crippen LogP contribution in [0.3, 0.4) is 0 Å². The van der Waals surface area contributed by atoms with E-state index in [2.05, 4.69) is 15.9 Å². The van der Waals surface area contributed by atoms with Crippen LogP contribution < -0.4 is 10.5 Å². The summed E-state index contributed by atoms with van der Waals surface area (Å²) in [6.45, 7) is 0. The minimum atomic E-state index is -2.73. The molecule has 0 spiro atoms. The lowest BCUT2D eigenvalue weighted by molar-refractivity contribution is -0.181. The average Bonchev–Trinajstić information content (AvgIpc) is 2.72. The number of Topliss-reactive ketones (excluding diaryl/α,β-unsaturated/α-hetero) is 4. The van der Waals surface area contributed by atoms with Crippen molar-refractivity contribution < 1.29 is 38.9 Å². The predicted molar refractivity (Wildman–Crippen MR) is 116 cm³/mol. The van der Waals surface area contributed by atoms with Crippen LogP contribution in [-0.4, -0.2) is 77.0 Å². The lowest BCUT2D eigenvalue weighted by Gasteiger charge is -2.52. The maximum Gasteiger partial charge on any atom is 0.235 e. The van der Waals surface area contributed by atoms with Crippen LogP contribution in [0.5, 0.6) is 11.5 Å². The number of hydrogen-bond acceptors (Lipinski definition) is 9. The van der Waals surface area contributed by atoms with Gasteiger partial charge in [-0.25, -0.2) is 0 Å². The summed E-state index contributed by atoms with van der Waals surface area (Å²) < 4.78 is 5.60. The number of primary amides is 1. The number of ketones is 4. The van der Waals surface area contributed by atoms with Crippen LogP contribution in [0.1, 0.15) is 22.3 Å². The molecule has 1 aromatic rings. The van der Waals surface area contributed by atoms with Crippen molar-refractivity contribution in [2.75, 3.05) is 21.2 Å². The number of aliphatic hydroxyl groups is 1. The first-order valence-electron chi connectivity index (χ1n) is 10.3. The Bertz CT molecular complexity index is 1130. The minimum absolute atomic E-state index is 0.00310. The minimum Gasteiger partial charge on any atom is -0.504 e. The van der Waals surface area contributed by atoms with Crippen molar-refractivity contribution in [3.05, 3.63) is 21.7 Å². The van der Waals surface area contributed by atoms with Gasteiger partial charge < -0.3 is 20.7 Å². The van der Waals surface area contributed by atoms with E-state index < -0.39 is 70.1 Å². The number of phenolic OH excluding ortho intramolecular Hbond substituents is 1. The van der Waals surface area contributed by atoms with Crippen LogP contribution in [0.15, 0.2) is 10.5 Å². The molecule has 0 heterocycles. The number of benzene rings is 1. The average molecular weight is 523 g/mol. The molecule has 6 atom stereocenters. The highest BCUT2D eigenvalue weighted by molar-refractivity contribution is 9.10. The number of carbonyl (C=O) groups excluding carboxylic acids is 5. The number of hydrogen-bond donors (Lipinski definition) is 3. The van der Waals surface area contributed by atoms with E-state index in [4.69, 9.17) is 10.5 Å². The molecule has 1 aromatic carbocycles. The molecule has 176 valence electrons. The number of fused-ring (bicyclic) bond motifs is 3. The van der Waals surface area contributed by atoms with Gasteiger partial charge in [0.05, 0.1) is 24.6 Å². The summed E-state index contributed by atoms with van der Waals surface area (Å²) in [5.41, 5.74) is 2.91. The van der Waals surface area contributed by atoms with Gasteiger partial charge in [0.15, 0.2) is 46.2 Å². The zero-order valence-corrected chi connectivity index (χ0v) is 19.7. The van der Waals surface area contributed by atoms with E-state index >= 15 is 0 Å². The highest BCUT2D eigenvalue weighted by atomic mass is 79.9. The SMILES string of the molecule is COc1cc(Br)c2c(c1O)C(=O)C1C(=O)[C@]3(O)C(=O)C(C(N)=O)C(=O)[C@@H](N(C)C)C3CC1C2. The number of amides is 1. The summed E-state index contributed by atoms with van der Waals surface area (Å²) in [6.07, 6.45) is 0.188. The molecular formula is C22H23BrN2O8. The molecule has 0 saturated heterocycles. The molecule has 2 fully saturated rings. The molecule has 4 unspecified atom stereocenters. The zero-order valence-electron chi connectivity index (χ0n) is 18.1. The van der Waals surface area contributed by atoms with Crippen LogP contribution in [-0.2, 0) is 25.6 Å². The van der Waals surface area contributed by atoms with Gasteiger partial charge in [-0.1, -0.05) is 15.9 Å². The van der Waals surface area contributed by atoms with Crippen LogP contribution in [0.25, 0.3) is 0 Å². The van der Waals surface area contributed by atoms with Crippen LogP contribution in [0.4, 0.5) is 0 Å². The molecule has 33 heavy (non-hydrogen) atoms. The highest BCUT2D eigenvalue weighted by Gasteiger charge is 2.69. The Kier molecular flexibility index (Phi) is 5.50. The number of nitrogens with zero attached hydrogens (tertiary/aromatic N) is 1. The summed E-state index contributed by atoms with van der Waals surface area (Å²) >= 11 is 3.38. The van der Waals surface area contributed by atoms with Crippen LogP contribution in [0, 0.1) is 23.7 Å². The summed E-state index contributed by atoms with van der Waals surface area (Å²) in [5, 5.41) is 22.1. The Morgan fingerprint density at radius 3 is 2.42 bits per heavy atom. The molecule has 0 aromatic heterocycles. The summed E-state index contributed by atoms with van der Waals surface area (Å²) in [6, 6.07) is 0.385. The first-order valence-corrected chi connectivity index (χ1v) is 11.1. The predicted octanol–water partition coefficient (Wildman–Crippen LogP) is -0.362. The Hall–Kier alpha value is -2.63. The largest absolute Gasteiger partial charge is 0.504 e. The topological polar surface area (TPSA) is 164 Å². The van der Waals surface area contributed by atoms with E-state index in [-0.39, 0.29) is 24.2 Å². The maximum atomic E-state index is 13.6. The molecule has 4 rings (SSSR count). The maximum absolute atomic E-state index is 13.6. The fourth-order valence-electron chi connectivity index (χ4n) is 5.76. The van der Waals surface area contributed by atoms with Crippen molar-refractivity contribution in [3.8, 4) is 11.5 Å². The van der Waals surface area contributed by atoms with Crippen molar-refractivity contribution in [2.24, 2.45) is 29.4 Å². The zero-order chi connectivity index (χ0) is 24.6. The van der Waals surface area contributed by atoms with E-state index in [1.165, 1.54) is 32.2 Å². The lowest BCUT2D eigenvalue weighted by atomic mass is 9.52. The second-order valence-corrected chi connectivity index (χ2v) is 9.91. The highest BCUT2D eigenvalue weighted by Crippen LogP contribution is 2.52. The molecule has 0 bridgehead atoms. The number of methoxy groups -OCH3 is 1. The number of rotatable bonds is 3. The van der Waals surface area contributed by atoms with Crippen molar-refractivity contribution in [1.82, 2.24) is 4.90 Å². The molecule has 3 aliphatic carbocycles. The van der Waals surface area contributed by atoms with E-state index in [1.54, 1.807) is 0 Å². The number of phenols is 1. The Labute approximate surface area is 197 Å². The summed E-state index contributed by atoms with van der Waals surface area (Å²) in [5.74, 6) is -10.8. The van der Waals surface area contributed by atoms with E-state index in [1.807, 2.05) is 0 Å². The van der Waals surface area contributed by atoms with Gasteiger partial charge in [-0.2, -0.15) is 0 Å². The molecule has 1 amide bonds. The molecule has 10 nitrogen and oxygen atoms in total. The third-order valence-corrected chi connectivity index (χ3v) is 7.90. The number of halogens is 1. The normalized spacial score (nSPS) is 33.5. The van der Waals surface area contributed by atoms with E-state index in [0.717, 1.165) is 0 Å². The van der Waals surface area contributed by atoms with Gasteiger partial charge in [-0.3, -0.25) is 28.9 Å². The lowest BCUT2D eigenvalue weighted by Crippen LogP contribution is -2.74. The Balaban J connectivity index is 1.89. The fraction of sp³-hybridized carbons (Fsp3) is 0.500. The number of nitrogens with two attached hydrogens (primary N) is 1. The number of likely N-dealkylation sites (N-methyl/N-ethyl adjacent to an activating group) is 1. The van der Waals surface area contributed by atoms with E-state index in [0.29, 0.717) is 10.0 Å². The monoisotopic (exact) mass is 522 g/mol. The van der Waals surface area contributed by atoms with Crippen molar-refractivity contribution in [1.29, 1.82) is 0 Å². The van der Waals surface area contributed by atoms with Crippen LogP contribution in [0.2, 0.25) is 0 Å². The third kappa shape index (κ3) is 3.02. The summed E-state index contributed by atoms with van der Waals surface area (Å²) in [7, 11) is 4.39. The van der Waals surface area contributed by atoms with Gasteiger partial charge in [0, 0.05) is 10.4 Å². The molecule has 0 radical (unpaired) electrons. The van der Waals surface area contributed by atoms with Gasteiger partial charge >= 0.3 is 0 Å². The van der Waals surface area contributed by atoms with Crippen molar-refractivity contribution >= 4 is 45.0 Å². The standard InChI is InChI=1S/C22H23BrN2O8/c1-25(2)15-9-5-7-4-8-10(23)6-11(33-3)16(26)13(8)17(27)12(7)19(29)22(9,32)20(30)14(18(15)28)21(24)31/h6-7,9,12,14-15,26,32H,4-5H2,1-3H3,(H2,24,31)/t7?,9?,12?,14?,15-,22-/m0/s1. The summed E-state index contributed by atoms with van der Waals surface area (Å²) in [4.78, 5) is 66.7. The van der Waals surface area contributed by atoms with Gasteiger partial charge in [-0.15, -0.1) is 0 Å². The molecule has 2 saturated carbocycles. The fourth-order valence-corrected chi connectivity index (χ4v) is 6.33. The quantitative estimate of drug-likeness (QED) is 0.449. The molecule has 0 aliphatic heterocycles.